The molecule has 0 aliphatic rings. The van der Waals surface area contributed by atoms with E-state index in [2.05, 4.69) is 20.5 Å². The van der Waals surface area contributed by atoms with Gasteiger partial charge in [0.2, 0.25) is 5.69 Å². The van der Waals surface area contributed by atoms with Crippen molar-refractivity contribution in [3.63, 3.8) is 0 Å². The van der Waals surface area contributed by atoms with Crippen molar-refractivity contribution in [3.05, 3.63) is 50.5 Å². The number of anilines is 1. The monoisotopic (exact) mass is 522 g/mol. The first-order valence-corrected chi connectivity index (χ1v) is 11.0. The van der Waals surface area contributed by atoms with Crippen molar-refractivity contribution in [2.75, 3.05) is 5.32 Å². The van der Waals surface area contributed by atoms with Gasteiger partial charge in [-0.25, -0.2) is 4.98 Å². The molecule has 12 nitrogen and oxygen atoms in total. The Balaban J connectivity index is 2.02. The van der Waals surface area contributed by atoms with Crippen molar-refractivity contribution >= 4 is 44.7 Å². The molecule has 4 heterocycles. The summed E-state index contributed by atoms with van der Waals surface area (Å²) in [6.45, 7) is 3.35. The zero-order valence-electron chi connectivity index (χ0n) is 18.9. The number of amides is 2. The molecule has 0 saturated carbocycles. The van der Waals surface area contributed by atoms with E-state index in [-0.39, 0.29) is 32.9 Å². The van der Waals surface area contributed by atoms with E-state index in [4.69, 9.17) is 5.73 Å². The Morgan fingerprint density at radius 3 is 2.47 bits per heavy atom. The van der Waals surface area contributed by atoms with Gasteiger partial charge in [0.15, 0.2) is 0 Å². The van der Waals surface area contributed by atoms with E-state index in [1.165, 1.54) is 10.9 Å². The standard InChI is InChI=1S/C20H17F3N8O4S/c1-4-30-15(11(7-26-30)31(34)35)18(33)28-14-13-9(10-6-25-29(3)8(10)2)5-12(20(21,22)23)27-19(13)36-16(14)17(24)32/h5-7H,4H2,1-3H3,(H2,24,32)(H,28,33). The van der Waals surface area contributed by atoms with E-state index < -0.39 is 40.0 Å². The van der Waals surface area contributed by atoms with Crippen molar-refractivity contribution in [3.8, 4) is 11.1 Å². The van der Waals surface area contributed by atoms with Crippen LogP contribution in [-0.4, -0.2) is 41.3 Å². The van der Waals surface area contributed by atoms with Crippen LogP contribution in [0.1, 0.15) is 38.5 Å². The summed E-state index contributed by atoms with van der Waals surface area (Å²) in [7, 11) is 1.60. The number of alkyl halides is 3. The number of hydrogen-bond donors (Lipinski definition) is 2. The van der Waals surface area contributed by atoms with Crippen LogP contribution in [0.25, 0.3) is 21.3 Å². The van der Waals surface area contributed by atoms with Gasteiger partial charge in [-0.05, 0) is 25.5 Å². The number of nitrogens with one attached hydrogen (secondary N) is 1. The molecule has 0 bridgehead atoms. The molecule has 188 valence electrons. The van der Waals surface area contributed by atoms with Crippen LogP contribution in [0, 0.1) is 17.0 Å². The first kappa shape index (κ1) is 24.8. The highest BCUT2D eigenvalue weighted by molar-refractivity contribution is 7.21. The predicted octanol–water partition coefficient (Wildman–Crippen LogP) is 3.50. The van der Waals surface area contributed by atoms with Gasteiger partial charge in [-0.2, -0.15) is 23.4 Å². The Morgan fingerprint density at radius 1 is 1.25 bits per heavy atom. The van der Waals surface area contributed by atoms with E-state index in [1.54, 1.807) is 20.9 Å². The van der Waals surface area contributed by atoms with Crippen LogP contribution in [0.3, 0.4) is 0 Å². The van der Waals surface area contributed by atoms with Gasteiger partial charge in [0.05, 0.1) is 16.8 Å². The van der Waals surface area contributed by atoms with E-state index in [1.807, 2.05) is 0 Å². The van der Waals surface area contributed by atoms with Gasteiger partial charge in [-0.15, -0.1) is 11.3 Å². The van der Waals surface area contributed by atoms with Crippen LogP contribution < -0.4 is 11.1 Å². The highest BCUT2D eigenvalue weighted by atomic mass is 32.1. The Hall–Kier alpha value is -4.34. The number of carbonyl (C=O) groups excluding carboxylic acids is 2. The fraction of sp³-hybridized carbons (Fsp3) is 0.250. The summed E-state index contributed by atoms with van der Waals surface area (Å²) in [5, 5.41) is 21.8. The molecule has 0 aromatic carbocycles. The number of fused-ring (bicyclic) bond motifs is 1. The molecule has 0 aliphatic carbocycles. The lowest BCUT2D eigenvalue weighted by molar-refractivity contribution is -0.385. The summed E-state index contributed by atoms with van der Waals surface area (Å²) in [6.07, 6.45) is -2.57. The summed E-state index contributed by atoms with van der Waals surface area (Å²) >= 11 is 0.560. The predicted molar refractivity (Wildman–Crippen MR) is 123 cm³/mol. The third kappa shape index (κ3) is 4.04. The molecule has 16 heteroatoms. The molecule has 0 fully saturated rings. The second-order valence-corrected chi connectivity index (χ2v) is 8.58. The van der Waals surface area contributed by atoms with Crippen molar-refractivity contribution in [1.29, 1.82) is 0 Å². The van der Waals surface area contributed by atoms with E-state index in [0.29, 0.717) is 22.6 Å². The fourth-order valence-corrected chi connectivity index (χ4v) is 4.67. The summed E-state index contributed by atoms with van der Waals surface area (Å²) < 4.78 is 43.5. The van der Waals surface area contributed by atoms with Crippen molar-refractivity contribution < 1.29 is 27.7 Å². The first-order valence-electron chi connectivity index (χ1n) is 10.2. The number of carbonyl (C=O) groups is 2. The van der Waals surface area contributed by atoms with Crippen LogP contribution in [-0.2, 0) is 19.8 Å². The fourth-order valence-electron chi connectivity index (χ4n) is 3.67. The van der Waals surface area contributed by atoms with Crippen molar-refractivity contribution in [2.45, 2.75) is 26.6 Å². The molecule has 4 aromatic rings. The molecular formula is C20H17F3N8O4S. The molecule has 0 unspecified atom stereocenters. The van der Waals surface area contributed by atoms with Gasteiger partial charge in [0.1, 0.15) is 21.6 Å². The maximum atomic E-state index is 13.7. The Bertz CT molecular complexity index is 1550. The molecule has 0 radical (unpaired) electrons. The average Bonchev–Trinajstić information content (AvgIpc) is 3.48. The Labute approximate surface area is 203 Å². The normalized spacial score (nSPS) is 11.7. The van der Waals surface area contributed by atoms with Gasteiger partial charge >= 0.3 is 11.9 Å². The number of primary amides is 1. The summed E-state index contributed by atoms with van der Waals surface area (Å²) in [5.74, 6) is -2.04. The molecule has 3 N–H and O–H groups in total. The van der Waals surface area contributed by atoms with E-state index in [9.17, 15) is 32.9 Å². The van der Waals surface area contributed by atoms with Gasteiger partial charge in [-0.3, -0.25) is 29.1 Å². The van der Waals surface area contributed by atoms with Crippen LogP contribution in [0.4, 0.5) is 24.5 Å². The lowest BCUT2D eigenvalue weighted by Crippen LogP contribution is -2.21. The zero-order chi connectivity index (χ0) is 26.5. The van der Waals surface area contributed by atoms with E-state index in [0.717, 1.165) is 16.9 Å². The first-order chi connectivity index (χ1) is 16.8. The number of nitrogens with two attached hydrogens (primary N) is 1. The maximum absolute atomic E-state index is 13.7. The Morgan fingerprint density at radius 2 is 1.94 bits per heavy atom. The number of thiophene rings is 1. The molecule has 0 saturated heterocycles. The molecule has 2 amide bonds. The van der Waals surface area contributed by atoms with Crippen LogP contribution in [0.2, 0.25) is 0 Å². The molecule has 36 heavy (non-hydrogen) atoms. The van der Waals surface area contributed by atoms with E-state index >= 15 is 0 Å². The number of aryl methyl sites for hydroxylation is 2. The largest absolute Gasteiger partial charge is 0.433 e. The number of nitrogens with zero attached hydrogens (tertiary/aromatic N) is 6. The second-order valence-electron chi connectivity index (χ2n) is 7.58. The molecule has 0 spiro atoms. The second kappa shape index (κ2) is 8.71. The third-order valence-corrected chi connectivity index (χ3v) is 6.57. The SMILES string of the molecule is CCn1ncc([N+](=O)[O-])c1C(=O)Nc1c(C(N)=O)sc2nc(C(F)(F)F)cc(-c3cnn(C)c3C)c12. The number of hydrogen-bond acceptors (Lipinski definition) is 8. The number of aromatic nitrogens is 5. The van der Waals surface area contributed by atoms with Crippen molar-refractivity contribution in [1.82, 2.24) is 24.5 Å². The van der Waals surface area contributed by atoms with Gasteiger partial charge < -0.3 is 11.1 Å². The third-order valence-electron chi connectivity index (χ3n) is 5.47. The number of nitro groups is 1. The molecule has 0 atom stereocenters. The minimum absolute atomic E-state index is 0.00419. The lowest BCUT2D eigenvalue weighted by Gasteiger charge is -2.12. The molecule has 0 aliphatic heterocycles. The number of halogens is 3. The Kier molecular flexibility index (Phi) is 5.99. The van der Waals surface area contributed by atoms with Crippen LogP contribution >= 0.6 is 11.3 Å². The highest BCUT2D eigenvalue weighted by Crippen LogP contribution is 2.44. The number of pyridine rings is 1. The van der Waals surface area contributed by atoms with Crippen LogP contribution in [0.5, 0.6) is 0 Å². The lowest BCUT2D eigenvalue weighted by atomic mass is 10.0. The zero-order valence-corrected chi connectivity index (χ0v) is 19.7. The number of rotatable bonds is 6. The molecule has 4 aromatic heterocycles. The van der Waals surface area contributed by atoms with Gasteiger partial charge in [0, 0.05) is 30.2 Å². The molecule has 4 rings (SSSR count). The smallest absolute Gasteiger partial charge is 0.365 e. The van der Waals surface area contributed by atoms with Crippen molar-refractivity contribution in [2.24, 2.45) is 12.8 Å². The summed E-state index contributed by atoms with van der Waals surface area (Å²) in [6, 6.07) is 0.790. The molecular weight excluding hydrogens is 505 g/mol. The van der Waals surface area contributed by atoms with Crippen LogP contribution in [0.15, 0.2) is 18.5 Å². The van der Waals surface area contributed by atoms with Gasteiger partial charge in [-0.1, -0.05) is 0 Å². The summed E-state index contributed by atoms with van der Waals surface area (Å²) in [5.41, 5.74) is 3.84. The topological polar surface area (TPSA) is 164 Å². The highest BCUT2D eigenvalue weighted by Gasteiger charge is 2.36. The average molecular weight is 522 g/mol. The summed E-state index contributed by atoms with van der Waals surface area (Å²) in [4.78, 5) is 39.3. The minimum Gasteiger partial charge on any atom is -0.365 e. The maximum Gasteiger partial charge on any atom is 0.433 e. The minimum atomic E-state index is -4.81. The quantitative estimate of drug-likeness (QED) is 0.289. The van der Waals surface area contributed by atoms with Gasteiger partial charge in [0.25, 0.3) is 11.8 Å².